The van der Waals surface area contributed by atoms with E-state index in [1.807, 2.05) is 48.5 Å². The first-order valence-corrected chi connectivity index (χ1v) is 13.7. The van der Waals surface area contributed by atoms with E-state index in [1.54, 1.807) is 0 Å². The minimum Gasteiger partial charge on any atom is -0.486 e. The van der Waals surface area contributed by atoms with Crippen molar-refractivity contribution in [2.45, 2.75) is 57.1 Å². The van der Waals surface area contributed by atoms with E-state index in [9.17, 15) is 4.79 Å². The lowest BCUT2D eigenvalue weighted by Crippen LogP contribution is -2.48. The average molecular weight is 492 g/mol. The zero-order chi connectivity index (χ0) is 24.8. The van der Waals surface area contributed by atoms with Crippen LogP contribution in [0.15, 0.2) is 72.8 Å². The molecular weight excluding hydrogens is 458 g/mol. The molecule has 0 unspecified atom stereocenters. The molecular formula is C32H33N3O2. The quantitative estimate of drug-likeness (QED) is 0.308. The van der Waals surface area contributed by atoms with Gasteiger partial charge in [0.2, 0.25) is 0 Å². The number of rotatable bonds is 7. The third-order valence-corrected chi connectivity index (χ3v) is 8.97. The van der Waals surface area contributed by atoms with Crippen molar-refractivity contribution in [3.05, 3.63) is 95.3 Å². The van der Waals surface area contributed by atoms with E-state index in [4.69, 9.17) is 4.74 Å². The molecule has 5 nitrogen and oxygen atoms in total. The van der Waals surface area contributed by atoms with E-state index >= 15 is 0 Å². The number of amides is 1. The van der Waals surface area contributed by atoms with Gasteiger partial charge in [-0.05, 0) is 103 Å². The van der Waals surface area contributed by atoms with Crippen molar-refractivity contribution in [2.75, 3.05) is 0 Å². The van der Waals surface area contributed by atoms with Crippen molar-refractivity contribution in [3.8, 4) is 5.75 Å². The highest BCUT2D eigenvalue weighted by Gasteiger charge is 2.51. The van der Waals surface area contributed by atoms with Gasteiger partial charge in [0.1, 0.15) is 18.2 Å². The van der Waals surface area contributed by atoms with Crippen molar-refractivity contribution in [3.63, 3.8) is 0 Å². The first kappa shape index (κ1) is 22.6. The molecule has 0 spiro atoms. The van der Waals surface area contributed by atoms with E-state index in [1.165, 1.54) is 44.1 Å². The Balaban J connectivity index is 0.993. The Labute approximate surface area is 217 Å². The number of aromatic amines is 1. The first-order valence-electron chi connectivity index (χ1n) is 13.7. The van der Waals surface area contributed by atoms with E-state index in [0.717, 1.165) is 45.9 Å². The molecule has 5 heteroatoms. The minimum atomic E-state index is -0.0998. The van der Waals surface area contributed by atoms with Crippen LogP contribution in [-0.4, -0.2) is 15.9 Å². The maximum Gasteiger partial charge on any atom is 0.251 e. The van der Waals surface area contributed by atoms with Crippen LogP contribution in [0.25, 0.3) is 11.0 Å². The lowest BCUT2D eigenvalue weighted by molar-refractivity contribution is -0.00520. The molecule has 3 aromatic carbocycles. The Kier molecular flexibility index (Phi) is 5.53. The van der Waals surface area contributed by atoms with E-state index in [-0.39, 0.29) is 5.91 Å². The van der Waals surface area contributed by atoms with Crippen molar-refractivity contribution in [1.29, 1.82) is 0 Å². The molecule has 0 atom stereocenters. The number of carbonyl (C=O) groups excluding carboxylic acids is 1. The second kappa shape index (κ2) is 9.05. The number of fused-ring (bicyclic) bond motifs is 1. The smallest absolute Gasteiger partial charge is 0.251 e. The molecule has 1 heterocycles. The summed E-state index contributed by atoms with van der Waals surface area (Å²) in [5.41, 5.74) is 5.28. The molecule has 4 aliphatic rings. The summed E-state index contributed by atoms with van der Waals surface area (Å²) in [4.78, 5) is 20.6. The molecule has 0 radical (unpaired) electrons. The summed E-state index contributed by atoms with van der Waals surface area (Å²) >= 11 is 0. The van der Waals surface area contributed by atoms with Crippen LogP contribution in [0.4, 0.5) is 0 Å². The minimum absolute atomic E-state index is 0.0998. The summed E-state index contributed by atoms with van der Waals surface area (Å²) in [5.74, 6) is 4.37. The monoisotopic (exact) mass is 491 g/mol. The number of nitrogens with zero attached hydrogens (tertiary/aromatic N) is 1. The number of benzene rings is 3. The van der Waals surface area contributed by atoms with Crippen LogP contribution in [0.5, 0.6) is 5.75 Å². The fourth-order valence-electron chi connectivity index (χ4n) is 7.67. The van der Waals surface area contributed by atoms with Gasteiger partial charge in [0, 0.05) is 12.1 Å². The molecule has 2 N–H and O–H groups in total. The van der Waals surface area contributed by atoms with Crippen LogP contribution in [0.3, 0.4) is 0 Å². The second-order valence-corrected chi connectivity index (χ2v) is 11.6. The number of H-pyrrole nitrogens is 1. The Morgan fingerprint density at radius 3 is 2.32 bits per heavy atom. The second-order valence-electron chi connectivity index (χ2n) is 11.6. The van der Waals surface area contributed by atoms with Crippen LogP contribution in [0.2, 0.25) is 0 Å². The Morgan fingerprint density at radius 2 is 1.62 bits per heavy atom. The van der Waals surface area contributed by atoms with Crippen molar-refractivity contribution in [2.24, 2.45) is 17.8 Å². The molecule has 1 aromatic heterocycles. The number of hydrogen-bond donors (Lipinski definition) is 2. The molecule has 0 aliphatic heterocycles. The zero-order valence-corrected chi connectivity index (χ0v) is 21.1. The summed E-state index contributed by atoms with van der Waals surface area (Å²) in [6, 6.07) is 24.3. The van der Waals surface area contributed by atoms with Crippen molar-refractivity contribution >= 4 is 16.9 Å². The molecule has 8 rings (SSSR count). The Hall–Kier alpha value is -3.60. The number of aromatic nitrogens is 2. The van der Waals surface area contributed by atoms with Gasteiger partial charge in [0.15, 0.2) is 0 Å². The highest BCUT2D eigenvalue weighted by molar-refractivity contribution is 5.97. The molecule has 4 bridgehead atoms. The fourth-order valence-corrected chi connectivity index (χ4v) is 7.67. The van der Waals surface area contributed by atoms with Crippen LogP contribution < -0.4 is 10.1 Å². The fraction of sp³-hybridized carbons (Fsp3) is 0.375. The molecule has 4 saturated carbocycles. The van der Waals surface area contributed by atoms with Gasteiger partial charge < -0.3 is 15.0 Å². The lowest BCUT2D eigenvalue weighted by Gasteiger charge is -2.57. The summed E-state index contributed by atoms with van der Waals surface area (Å²) in [6.45, 7) is 0.863. The predicted octanol–water partition coefficient (Wildman–Crippen LogP) is 6.54. The molecule has 37 heavy (non-hydrogen) atoms. The maximum absolute atomic E-state index is 12.6. The summed E-state index contributed by atoms with van der Waals surface area (Å²) in [7, 11) is 0. The van der Waals surface area contributed by atoms with Gasteiger partial charge >= 0.3 is 0 Å². The normalized spacial score (nSPS) is 25.9. The maximum atomic E-state index is 12.6. The number of ether oxygens (including phenoxy) is 1. The highest BCUT2D eigenvalue weighted by atomic mass is 16.5. The largest absolute Gasteiger partial charge is 0.486 e. The van der Waals surface area contributed by atoms with E-state index < -0.39 is 0 Å². The number of hydrogen-bond acceptors (Lipinski definition) is 3. The van der Waals surface area contributed by atoms with Crippen LogP contribution >= 0.6 is 0 Å². The van der Waals surface area contributed by atoms with Gasteiger partial charge in [-0.2, -0.15) is 0 Å². The molecule has 0 saturated heterocycles. The average Bonchev–Trinajstić information content (AvgIpc) is 3.33. The predicted molar refractivity (Wildman–Crippen MR) is 144 cm³/mol. The Bertz CT molecular complexity index is 1390. The summed E-state index contributed by atoms with van der Waals surface area (Å²) in [6.07, 6.45) is 8.55. The molecule has 1 amide bonds. The highest BCUT2D eigenvalue weighted by Crippen LogP contribution is 2.60. The van der Waals surface area contributed by atoms with Crippen molar-refractivity contribution in [1.82, 2.24) is 15.3 Å². The van der Waals surface area contributed by atoms with Gasteiger partial charge in [-0.1, -0.05) is 42.5 Å². The van der Waals surface area contributed by atoms with E-state index in [0.29, 0.717) is 24.1 Å². The topological polar surface area (TPSA) is 67.0 Å². The molecule has 4 aromatic rings. The van der Waals surface area contributed by atoms with Crippen LogP contribution in [0.1, 0.15) is 65.8 Å². The summed E-state index contributed by atoms with van der Waals surface area (Å²) in [5, 5.41) is 2.98. The van der Waals surface area contributed by atoms with Gasteiger partial charge in [-0.15, -0.1) is 0 Å². The van der Waals surface area contributed by atoms with E-state index in [2.05, 4.69) is 39.6 Å². The summed E-state index contributed by atoms with van der Waals surface area (Å²) < 4.78 is 6.09. The van der Waals surface area contributed by atoms with Gasteiger partial charge in [-0.25, -0.2) is 4.98 Å². The lowest BCUT2D eigenvalue weighted by atomic mass is 9.48. The van der Waals surface area contributed by atoms with Crippen LogP contribution in [0, 0.1) is 17.8 Å². The third kappa shape index (κ3) is 4.41. The molecule has 188 valence electrons. The SMILES string of the molecule is O=C(NCc1ccccc1)c1ccc2nc(COc3ccc(C45CC6CC(CC(C6)C4)C5)cc3)[nH]c2c1. The Morgan fingerprint density at radius 1 is 0.919 bits per heavy atom. The number of carbonyl (C=O) groups is 1. The van der Waals surface area contributed by atoms with Gasteiger partial charge in [0.05, 0.1) is 11.0 Å². The number of nitrogens with one attached hydrogen (secondary N) is 2. The first-order chi connectivity index (χ1) is 18.1. The van der Waals surface area contributed by atoms with Crippen molar-refractivity contribution < 1.29 is 9.53 Å². The molecule has 4 fully saturated rings. The zero-order valence-electron chi connectivity index (χ0n) is 21.1. The van der Waals surface area contributed by atoms with Crippen LogP contribution in [-0.2, 0) is 18.6 Å². The third-order valence-electron chi connectivity index (χ3n) is 8.97. The molecule has 4 aliphatic carbocycles. The van der Waals surface area contributed by atoms with Gasteiger partial charge in [0.25, 0.3) is 5.91 Å². The standard InChI is InChI=1S/C32H33N3O2/c36-31(33-19-21-4-2-1-3-5-21)25-6-11-28-29(15-25)35-30(34-28)20-37-27-9-7-26(8-10-27)32-16-22-12-23(17-32)14-24(13-22)18-32/h1-11,15,22-24H,12-14,16-20H2,(H,33,36)(H,34,35). The number of imidazole rings is 1. The van der Waals surface area contributed by atoms with Gasteiger partial charge in [-0.3, -0.25) is 4.79 Å².